The topological polar surface area (TPSA) is 41.4 Å². The molecule has 0 N–H and O–H groups in total. The maximum absolute atomic E-state index is 12.9. The van der Waals surface area contributed by atoms with Crippen molar-refractivity contribution in [3.8, 4) is 0 Å². The van der Waals surface area contributed by atoms with Gasteiger partial charge in [0.15, 0.2) is 0 Å². The van der Waals surface area contributed by atoms with Crippen molar-refractivity contribution < 1.29 is 4.79 Å². The van der Waals surface area contributed by atoms with Gasteiger partial charge >= 0.3 is 0 Å². The Bertz CT molecular complexity index is 736. The molecule has 0 spiro atoms. The normalized spacial score (nSPS) is 16.2. The Hall–Kier alpha value is -1.37. The molecule has 1 saturated heterocycles. The van der Waals surface area contributed by atoms with Gasteiger partial charge in [-0.15, -0.1) is 0 Å². The van der Waals surface area contributed by atoms with Crippen LogP contribution in [0.25, 0.3) is 0 Å². The summed E-state index contributed by atoms with van der Waals surface area (Å²) in [6, 6.07) is 7.94. The fourth-order valence-electron chi connectivity index (χ4n) is 3.05. The summed E-state index contributed by atoms with van der Waals surface area (Å²) in [5, 5.41) is 5.04. The summed E-state index contributed by atoms with van der Waals surface area (Å²) in [7, 11) is 0. The molecule has 0 bridgehead atoms. The van der Waals surface area contributed by atoms with Crippen molar-refractivity contribution >= 4 is 33.4 Å². The van der Waals surface area contributed by atoms with Crippen LogP contribution < -0.4 is 0 Å². The highest BCUT2D eigenvalue weighted by Gasteiger charge is 2.35. The maximum atomic E-state index is 12.9. The SMILES string of the molecule is CC(C)(C(=O)N1CCN(Cc2ccc(Cl)cc2)CC1)n1cc(Br)cn1. The van der Waals surface area contributed by atoms with Gasteiger partial charge in [-0.1, -0.05) is 23.7 Å². The first kappa shape index (κ1) is 18.4. The second kappa shape index (κ2) is 7.48. The van der Waals surface area contributed by atoms with Gasteiger partial charge in [-0.2, -0.15) is 5.10 Å². The van der Waals surface area contributed by atoms with E-state index in [9.17, 15) is 4.79 Å². The summed E-state index contributed by atoms with van der Waals surface area (Å²) in [5.41, 5.74) is 0.551. The molecule has 7 heteroatoms. The van der Waals surface area contributed by atoms with Crippen LogP contribution in [0, 0.1) is 0 Å². The molecule has 1 fully saturated rings. The van der Waals surface area contributed by atoms with Crippen molar-refractivity contribution in [3.63, 3.8) is 0 Å². The van der Waals surface area contributed by atoms with Gasteiger partial charge in [0.25, 0.3) is 0 Å². The molecule has 25 heavy (non-hydrogen) atoms. The maximum Gasteiger partial charge on any atom is 0.250 e. The van der Waals surface area contributed by atoms with Crippen LogP contribution in [-0.4, -0.2) is 51.7 Å². The van der Waals surface area contributed by atoms with Crippen LogP contribution in [0.5, 0.6) is 0 Å². The summed E-state index contributed by atoms with van der Waals surface area (Å²) >= 11 is 9.33. The summed E-state index contributed by atoms with van der Waals surface area (Å²) in [4.78, 5) is 17.3. The van der Waals surface area contributed by atoms with E-state index in [1.807, 2.05) is 37.1 Å². The quantitative estimate of drug-likeness (QED) is 0.754. The van der Waals surface area contributed by atoms with E-state index in [0.29, 0.717) is 0 Å². The molecule has 0 atom stereocenters. The molecule has 134 valence electrons. The van der Waals surface area contributed by atoms with Crippen LogP contribution in [0.3, 0.4) is 0 Å². The van der Waals surface area contributed by atoms with E-state index in [1.165, 1.54) is 5.56 Å². The van der Waals surface area contributed by atoms with E-state index in [0.717, 1.165) is 42.2 Å². The molecule has 2 heterocycles. The Balaban J connectivity index is 1.58. The highest BCUT2D eigenvalue weighted by molar-refractivity contribution is 9.10. The molecular formula is C18H22BrClN4O. The smallest absolute Gasteiger partial charge is 0.250 e. The predicted octanol–water partition coefficient (Wildman–Crippen LogP) is 3.38. The number of halogens is 2. The number of hydrogen-bond donors (Lipinski definition) is 0. The van der Waals surface area contributed by atoms with Crippen LogP contribution >= 0.6 is 27.5 Å². The van der Waals surface area contributed by atoms with Crippen LogP contribution in [0.1, 0.15) is 19.4 Å². The molecule has 1 aromatic carbocycles. The monoisotopic (exact) mass is 424 g/mol. The van der Waals surface area contributed by atoms with Gasteiger partial charge in [0.1, 0.15) is 5.54 Å². The van der Waals surface area contributed by atoms with Gasteiger partial charge in [0.05, 0.1) is 10.7 Å². The van der Waals surface area contributed by atoms with Crippen LogP contribution in [0.4, 0.5) is 0 Å². The van der Waals surface area contributed by atoms with Gasteiger partial charge in [0, 0.05) is 43.9 Å². The first-order valence-corrected chi connectivity index (χ1v) is 9.50. The Morgan fingerprint density at radius 3 is 2.40 bits per heavy atom. The van der Waals surface area contributed by atoms with Crippen molar-refractivity contribution in [2.24, 2.45) is 0 Å². The average Bonchev–Trinajstić information content (AvgIpc) is 3.04. The molecule has 1 aliphatic heterocycles. The van der Waals surface area contributed by atoms with Crippen molar-refractivity contribution in [1.29, 1.82) is 0 Å². The van der Waals surface area contributed by atoms with Crippen LogP contribution in [0.15, 0.2) is 41.1 Å². The fourth-order valence-corrected chi connectivity index (χ4v) is 3.46. The Morgan fingerprint density at radius 1 is 1.20 bits per heavy atom. The van der Waals surface area contributed by atoms with Crippen molar-refractivity contribution in [3.05, 3.63) is 51.7 Å². The Labute approximate surface area is 161 Å². The summed E-state index contributed by atoms with van der Waals surface area (Å²) in [6.07, 6.45) is 3.55. The lowest BCUT2D eigenvalue weighted by Gasteiger charge is -2.38. The molecule has 0 aliphatic carbocycles. The molecule has 1 amide bonds. The zero-order chi connectivity index (χ0) is 18.0. The minimum Gasteiger partial charge on any atom is -0.338 e. The molecule has 0 radical (unpaired) electrons. The fraction of sp³-hybridized carbons (Fsp3) is 0.444. The zero-order valence-corrected chi connectivity index (χ0v) is 16.8. The van der Waals surface area contributed by atoms with Gasteiger partial charge in [-0.05, 0) is 47.5 Å². The van der Waals surface area contributed by atoms with Crippen LogP contribution in [0.2, 0.25) is 5.02 Å². The number of benzene rings is 1. The molecular weight excluding hydrogens is 404 g/mol. The molecule has 5 nitrogen and oxygen atoms in total. The number of carbonyl (C=O) groups is 1. The minimum atomic E-state index is -0.690. The average molecular weight is 426 g/mol. The van der Waals surface area contributed by atoms with E-state index in [2.05, 4.69) is 38.1 Å². The third-order valence-electron chi connectivity index (χ3n) is 4.63. The first-order chi connectivity index (χ1) is 11.9. The van der Waals surface area contributed by atoms with Gasteiger partial charge < -0.3 is 4.90 Å². The number of aromatic nitrogens is 2. The standard InChI is InChI=1S/C18H22BrClN4O/c1-18(2,24-13-15(19)11-21-24)17(25)23-9-7-22(8-10-23)12-14-3-5-16(20)6-4-14/h3-6,11,13H,7-10,12H2,1-2H3. The van der Waals surface area contributed by atoms with Gasteiger partial charge in [0.2, 0.25) is 5.91 Å². The van der Waals surface area contributed by atoms with E-state index in [-0.39, 0.29) is 5.91 Å². The summed E-state index contributed by atoms with van der Waals surface area (Å²) in [6.45, 7) is 7.91. The lowest BCUT2D eigenvalue weighted by molar-refractivity contribution is -0.141. The van der Waals surface area contributed by atoms with Crippen molar-refractivity contribution in [2.45, 2.75) is 25.9 Å². The van der Waals surface area contributed by atoms with E-state index >= 15 is 0 Å². The van der Waals surface area contributed by atoms with Crippen molar-refractivity contribution in [2.75, 3.05) is 26.2 Å². The number of nitrogens with zero attached hydrogens (tertiary/aromatic N) is 4. The van der Waals surface area contributed by atoms with Gasteiger partial charge in [-0.25, -0.2) is 0 Å². The Kier molecular flexibility index (Phi) is 5.51. The minimum absolute atomic E-state index is 0.106. The number of amides is 1. The lowest BCUT2D eigenvalue weighted by Crippen LogP contribution is -2.54. The molecule has 0 unspecified atom stereocenters. The third kappa shape index (κ3) is 4.25. The van der Waals surface area contributed by atoms with E-state index in [1.54, 1.807) is 10.9 Å². The summed E-state index contributed by atoms with van der Waals surface area (Å²) in [5.74, 6) is 0.106. The zero-order valence-electron chi connectivity index (χ0n) is 14.5. The number of carbonyl (C=O) groups excluding carboxylic acids is 1. The highest BCUT2D eigenvalue weighted by atomic mass is 79.9. The number of rotatable bonds is 4. The van der Waals surface area contributed by atoms with Crippen molar-refractivity contribution in [1.82, 2.24) is 19.6 Å². The Morgan fingerprint density at radius 2 is 1.84 bits per heavy atom. The van der Waals surface area contributed by atoms with E-state index < -0.39 is 5.54 Å². The van der Waals surface area contributed by atoms with Crippen LogP contribution in [-0.2, 0) is 16.9 Å². The first-order valence-electron chi connectivity index (χ1n) is 8.33. The van der Waals surface area contributed by atoms with E-state index in [4.69, 9.17) is 11.6 Å². The van der Waals surface area contributed by atoms with Gasteiger partial charge in [-0.3, -0.25) is 14.4 Å². The third-order valence-corrected chi connectivity index (χ3v) is 5.29. The lowest BCUT2D eigenvalue weighted by atomic mass is 10.0. The molecule has 0 saturated carbocycles. The molecule has 3 rings (SSSR count). The second-order valence-corrected chi connectivity index (χ2v) is 8.21. The molecule has 1 aromatic heterocycles. The second-order valence-electron chi connectivity index (χ2n) is 6.86. The molecule has 1 aliphatic rings. The number of hydrogen-bond acceptors (Lipinski definition) is 3. The summed E-state index contributed by atoms with van der Waals surface area (Å²) < 4.78 is 2.60. The predicted molar refractivity (Wildman–Crippen MR) is 103 cm³/mol. The molecule has 2 aromatic rings. The number of piperazine rings is 1. The largest absolute Gasteiger partial charge is 0.338 e. The highest BCUT2D eigenvalue weighted by Crippen LogP contribution is 2.21.